The molecule has 0 heterocycles. The van der Waals surface area contributed by atoms with Gasteiger partial charge in [0.1, 0.15) is 11.5 Å². The molecule has 4 aliphatic carbocycles. The maximum absolute atomic E-state index is 7.65. The monoisotopic (exact) mass is 727 g/mol. The summed E-state index contributed by atoms with van der Waals surface area (Å²) < 4.78 is 18.9. The van der Waals surface area contributed by atoms with Crippen LogP contribution in [0.2, 0.25) is 0 Å². The van der Waals surface area contributed by atoms with E-state index in [2.05, 4.69) is 62.4 Å². The van der Waals surface area contributed by atoms with Crippen LogP contribution < -0.4 is 9.47 Å². The highest BCUT2D eigenvalue weighted by molar-refractivity contribution is 5.31. The van der Waals surface area contributed by atoms with Crippen LogP contribution in [0.3, 0.4) is 0 Å². The molecule has 4 saturated carbocycles. The van der Waals surface area contributed by atoms with Gasteiger partial charge < -0.3 is 14.2 Å². The highest BCUT2D eigenvalue weighted by atomic mass is 16.5. The normalized spacial score (nSPS) is 30.7. The van der Waals surface area contributed by atoms with Crippen molar-refractivity contribution >= 4 is 0 Å². The molecule has 0 radical (unpaired) electrons. The molecule has 2 unspecified atom stereocenters. The Hall–Kier alpha value is -2.00. The molecule has 0 aliphatic heterocycles. The van der Waals surface area contributed by atoms with E-state index in [9.17, 15) is 0 Å². The Balaban J connectivity index is 1.12. The molecular weight excluding hydrogens is 649 g/mol. The molecule has 3 heteroatoms. The van der Waals surface area contributed by atoms with Crippen molar-refractivity contribution < 1.29 is 14.2 Å². The van der Waals surface area contributed by atoms with E-state index in [0.29, 0.717) is 11.8 Å². The molecule has 4 fully saturated rings. The van der Waals surface area contributed by atoms with Crippen molar-refractivity contribution in [1.82, 2.24) is 0 Å². The van der Waals surface area contributed by atoms with E-state index in [1.54, 1.807) is 14.2 Å². The van der Waals surface area contributed by atoms with Crippen molar-refractivity contribution in [3.63, 3.8) is 0 Å². The van der Waals surface area contributed by atoms with Gasteiger partial charge in [-0.1, -0.05) is 115 Å². The lowest BCUT2D eigenvalue weighted by atomic mass is 9.67. The third-order valence-corrected chi connectivity index (χ3v) is 15.2. The first-order valence-corrected chi connectivity index (χ1v) is 23.0. The van der Waals surface area contributed by atoms with E-state index >= 15 is 0 Å². The molecule has 53 heavy (non-hydrogen) atoms. The zero-order valence-electron chi connectivity index (χ0n) is 34.6. The third-order valence-electron chi connectivity index (χ3n) is 15.2. The summed E-state index contributed by atoms with van der Waals surface area (Å²) in [5, 5.41) is 0. The fourth-order valence-electron chi connectivity index (χ4n) is 11.8. The molecule has 296 valence electrons. The summed E-state index contributed by atoms with van der Waals surface area (Å²) >= 11 is 0. The van der Waals surface area contributed by atoms with Crippen LogP contribution in [0.5, 0.6) is 11.5 Å². The third kappa shape index (κ3) is 11.5. The van der Waals surface area contributed by atoms with E-state index in [1.165, 1.54) is 165 Å². The van der Waals surface area contributed by atoms with Crippen molar-refractivity contribution in [2.24, 2.45) is 47.3 Å². The van der Waals surface area contributed by atoms with Gasteiger partial charge in [-0.3, -0.25) is 0 Å². The number of unbranched alkanes of at least 4 members (excludes halogenated alkanes) is 4. The Kier molecular flexibility index (Phi) is 16.4. The summed E-state index contributed by atoms with van der Waals surface area (Å²) in [6.07, 6.45) is 34.2. The fourth-order valence-corrected chi connectivity index (χ4v) is 11.8. The van der Waals surface area contributed by atoms with Gasteiger partial charge in [-0.25, -0.2) is 0 Å². The summed E-state index contributed by atoms with van der Waals surface area (Å²) in [5.74, 6) is 8.74. The lowest BCUT2D eigenvalue weighted by Crippen LogP contribution is -2.31. The van der Waals surface area contributed by atoms with Crippen LogP contribution in [0.15, 0.2) is 48.5 Å². The van der Waals surface area contributed by atoms with Crippen molar-refractivity contribution in [2.45, 2.75) is 180 Å². The Morgan fingerprint density at radius 1 is 0.434 bits per heavy atom. The standard InChI is InChI=1S/C50H78O3/c1-5-7-9-11-37-13-17-39(18-14-37)41-21-25-43(26-22-41)49(45-29-33-47(51-3)34-30-45)53-50(46-31-35-48(52-4)36-32-46)44-27-23-42(24-28-44)40-19-15-38(16-20-40)12-10-8-6-2/h29-44,49-50H,5-28H2,1-4H3. The molecule has 0 saturated heterocycles. The Bertz CT molecular complexity index is 1160. The zero-order chi connectivity index (χ0) is 36.8. The van der Waals surface area contributed by atoms with Crippen molar-refractivity contribution in [3.05, 3.63) is 59.7 Å². The summed E-state index contributed by atoms with van der Waals surface area (Å²) in [6.45, 7) is 4.67. The predicted octanol–water partition coefficient (Wildman–Crippen LogP) is 14.9. The van der Waals surface area contributed by atoms with Crippen LogP contribution in [0.1, 0.15) is 191 Å². The van der Waals surface area contributed by atoms with Gasteiger partial charge in [-0.05, 0) is 160 Å². The van der Waals surface area contributed by atoms with E-state index in [0.717, 1.165) is 47.0 Å². The maximum atomic E-state index is 7.65. The number of rotatable bonds is 18. The summed E-state index contributed by atoms with van der Waals surface area (Å²) in [7, 11) is 3.55. The fraction of sp³-hybridized carbons (Fsp3) is 0.760. The molecule has 0 N–H and O–H groups in total. The van der Waals surface area contributed by atoms with Crippen LogP contribution in [-0.4, -0.2) is 14.2 Å². The number of hydrogen-bond donors (Lipinski definition) is 0. The highest BCUT2D eigenvalue weighted by Gasteiger charge is 2.39. The van der Waals surface area contributed by atoms with Crippen molar-refractivity contribution in [1.29, 1.82) is 0 Å². The maximum Gasteiger partial charge on any atom is 0.118 e. The smallest absolute Gasteiger partial charge is 0.118 e. The molecule has 4 aliphatic rings. The average molecular weight is 727 g/mol. The van der Waals surface area contributed by atoms with Crippen LogP contribution in [0.25, 0.3) is 0 Å². The minimum absolute atomic E-state index is 0.115. The van der Waals surface area contributed by atoms with Gasteiger partial charge in [0, 0.05) is 0 Å². The second-order valence-corrected chi connectivity index (χ2v) is 18.4. The van der Waals surface area contributed by atoms with Gasteiger partial charge in [0.2, 0.25) is 0 Å². The first-order valence-electron chi connectivity index (χ1n) is 23.0. The number of benzene rings is 2. The molecule has 2 atom stereocenters. The largest absolute Gasteiger partial charge is 0.497 e. The molecule has 0 bridgehead atoms. The second-order valence-electron chi connectivity index (χ2n) is 18.4. The minimum atomic E-state index is 0.115. The first-order chi connectivity index (χ1) is 26.1. The number of methoxy groups -OCH3 is 2. The van der Waals surface area contributed by atoms with E-state index < -0.39 is 0 Å². The quantitative estimate of drug-likeness (QED) is 0.143. The summed E-state index contributed by atoms with van der Waals surface area (Å²) in [6, 6.07) is 17.8. The second kappa shape index (κ2) is 21.3. The van der Waals surface area contributed by atoms with Crippen LogP contribution in [0, 0.1) is 47.3 Å². The van der Waals surface area contributed by atoms with Gasteiger partial charge in [0.25, 0.3) is 0 Å². The average Bonchev–Trinajstić information content (AvgIpc) is 3.22. The van der Waals surface area contributed by atoms with Crippen LogP contribution in [0.4, 0.5) is 0 Å². The Morgan fingerprint density at radius 3 is 1.06 bits per heavy atom. The first kappa shape index (κ1) is 40.7. The van der Waals surface area contributed by atoms with E-state index in [-0.39, 0.29) is 12.2 Å². The number of ether oxygens (including phenoxy) is 3. The molecule has 6 rings (SSSR count). The van der Waals surface area contributed by atoms with E-state index in [1.807, 2.05) is 0 Å². The van der Waals surface area contributed by atoms with Gasteiger partial charge >= 0.3 is 0 Å². The van der Waals surface area contributed by atoms with Gasteiger partial charge in [0.15, 0.2) is 0 Å². The Labute approximate surface area is 326 Å². The molecule has 3 nitrogen and oxygen atoms in total. The van der Waals surface area contributed by atoms with Gasteiger partial charge in [0.05, 0.1) is 26.4 Å². The van der Waals surface area contributed by atoms with Gasteiger partial charge in [-0.2, -0.15) is 0 Å². The minimum Gasteiger partial charge on any atom is -0.497 e. The lowest BCUT2D eigenvalue weighted by molar-refractivity contribution is -0.0935. The van der Waals surface area contributed by atoms with E-state index in [4.69, 9.17) is 14.2 Å². The topological polar surface area (TPSA) is 27.7 Å². The van der Waals surface area contributed by atoms with Crippen molar-refractivity contribution in [2.75, 3.05) is 14.2 Å². The summed E-state index contributed by atoms with van der Waals surface area (Å²) in [4.78, 5) is 0. The van der Waals surface area contributed by atoms with Gasteiger partial charge in [-0.15, -0.1) is 0 Å². The number of hydrogen-bond acceptors (Lipinski definition) is 3. The van der Waals surface area contributed by atoms with Crippen LogP contribution in [-0.2, 0) is 4.74 Å². The summed E-state index contributed by atoms with van der Waals surface area (Å²) in [5.41, 5.74) is 2.68. The van der Waals surface area contributed by atoms with Crippen molar-refractivity contribution in [3.8, 4) is 11.5 Å². The predicted molar refractivity (Wildman–Crippen MR) is 223 cm³/mol. The zero-order valence-corrected chi connectivity index (χ0v) is 34.6. The molecular formula is C50H78O3. The SMILES string of the molecule is CCCCCC1CCC(C2CCC(C(OC(c3ccc(OC)cc3)C3CCC(C4CCC(CCCCC)CC4)CC3)c3ccc(OC)cc3)CC2)CC1. The Morgan fingerprint density at radius 2 is 0.755 bits per heavy atom. The molecule has 2 aromatic carbocycles. The molecule has 0 aromatic heterocycles. The molecule has 0 spiro atoms. The van der Waals surface area contributed by atoms with Crippen LogP contribution >= 0.6 is 0 Å². The highest BCUT2D eigenvalue weighted by Crippen LogP contribution is 2.50. The molecule has 0 amide bonds. The lowest BCUT2D eigenvalue weighted by Gasteiger charge is -2.43. The molecule has 2 aromatic rings.